The minimum atomic E-state index is 0.355. The molecule has 0 unspecified atom stereocenters. The molecule has 88 valence electrons. The third-order valence-electron chi connectivity index (χ3n) is 3.60. The van der Waals surface area contributed by atoms with Gasteiger partial charge in [-0.1, -0.05) is 25.7 Å². The summed E-state index contributed by atoms with van der Waals surface area (Å²) in [5, 5.41) is 0. The summed E-state index contributed by atoms with van der Waals surface area (Å²) in [6, 6.07) is 2.05. The highest BCUT2D eigenvalue weighted by Gasteiger charge is 2.18. The van der Waals surface area contributed by atoms with Crippen molar-refractivity contribution in [3.63, 3.8) is 0 Å². The molecule has 16 heavy (non-hydrogen) atoms. The van der Waals surface area contributed by atoms with E-state index in [9.17, 15) is 4.79 Å². The van der Waals surface area contributed by atoms with Gasteiger partial charge in [-0.25, -0.2) is 0 Å². The van der Waals surface area contributed by atoms with Crippen molar-refractivity contribution in [2.45, 2.75) is 52.4 Å². The largest absolute Gasteiger partial charge is 0.294 e. The standard InChI is InChI=1S/C14H20OS/c1-10-9-13(11(2)16-10)14(15)8-7-12-5-3-4-6-12/h9,12H,3-8H2,1-2H3. The fraction of sp³-hybridized carbons (Fsp3) is 0.643. The number of aryl methyl sites for hydroxylation is 2. The van der Waals surface area contributed by atoms with Crippen molar-refractivity contribution in [1.29, 1.82) is 0 Å². The summed E-state index contributed by atoms with van der Waals surface area (Å²) in [6.07, 6.45) is 7.28. The lowest BCUT2D eigenvalue weighted by Gasteiger charge is -2.07. The Bertz CT molecular complexity index is 372. The maximum atomic E-state index is 12.0. The van der Waals surface area contributed by atoms with E-state index in [-0.39, 0.29) is 0 Å². The van der Waals surface area contributed by atoms with E-state index in [1.807, 2.05) is 0 Å². The lowest BCUT2D eigenvalue weighted by atomic mass is 9.98. The summed E-state index contributed by atoms with van der Waals surface area (Å²) < 4.78 is 0. The minimum Gasteiger partial charge on any atom is -0.294 e. The SMILES string of the molecule is Cc1cc(C(=O)CCC2CCCC2)c(C)s1. The lowest BCUT2D eigenvalue weighted by Crippen LogP contribution is -2.03. The van der Waals surface area contributed by atoms with Gasteiger partial charge in [0, 0.05) is 21.7 Å². The number of carbonyl (C=O) groups is 1. The smallest absolute Gasteiger partial charge is 0.163 e. The van der Waals surface area contributed by atoms with Crippen LogP contribution in [-0.2, 0) is 0 Å². The van der Waals surface area contributed by atoms with E-state index < -0.39 is 0 Å². The Morgan fingerprint density at radius 2 is 2.06 bits per heavy atom. The molecular weight excluding hydrogens is 216 g/mol. The fourth-order valence-corrected chi connectivity index (χ4v) is 3.62. The summed E-state index contributed by atoms with van der Waals surface area (Å²) in [4.78, 5) is 14.5. The number of hydrogen-bond donors (Lipinski definition) is 0. The number of ketones is 1. The molecule has 0 spiro atoms. The molecule has 1 saturated carbocycles. The van der Waals surface area contributed by atoms with Gasteiger partial charge in [0.15, 0.2) is 5.78 Å². The van der Waals surface area contributed by atoms with E-state index in [2.05, 4.69) is 19.9 Å². The van der Waals surface area contributed by atoms with Gasteiger partial charge < -0.3 is 0 Å². The first-order valence-electron chi connectivity index (χ1n) is 6.27. The molecule has 2 rings (SSSR count). The van der Waals surface area contributed by atoms with Crippen LogP contribution in [0.5, 0.6) is 0 Å². The summed E-state index contributed by atoms with van der Waals surface area (Å²) in [5.74, 6) is 1.18. The molecule has 1 fully saturated rings. The zero-order chi connectivity index (χ0) is 11.5. The molecule has 1 aromatic rings. The molecule has 0 N–H and O–H groups in total. The minimum absolute atomic E-state index is 0.355. The van der Waals surface area contributed by atoms with Crippen LogP contribution in [0, 0.1) is 19.8 Å². The highest BCUT2D eigenvalue weighted by Crippen LogP contribution is 2.30. The van der Waals surface area contributed by atoms with Gasteiger partial charge in [-0.3, -0.25) is 4.79 Å². The van der Waals surface area contributed by atoms with E-state index in [1.54, 1.807) is 11.3 Å². The van der Waals surface area contributed by atoms with Gasteiger partial charge in [-0.2, -0.15) is 0 Å². The quantitative estimate of drug-likeness (QED) is 0.702. The van der Waals surface area contributed by atoms with Crippen molar-refractivity contribution in [2.75, 3.05) is 0 Å². The first-order chi connectivity index (χ1) is 7.66. The van der Waals surface area contributed by atoms with Crippen LogP contribution >= 0.6 is 11.3 Å². The monoisotopic (exact) mass is 236 g/mol. The first kappa shape index (κ1) is 11.8. The van der Waals surface area contributed by atoms with Crippen molar-refractivity contribution in [1.82, 2.24) is 0 Å². The number of rotatable bonds is 4. The zero-order valence-corrected chi connectivity index (χ0v) is 11.0. The Morgan fingerprint density at radius 1 is 1.38 bits per heavy atom. The van der Waals surface area contributed by atoms with Crippen LogP contribution in [0.2, 0.25) is 0 Å². The van der Waals surface area contributed by atoms with Gasteiger partial charge in [-0.15, -0.1) is 11.3 Å². The molecule has 0 aliphatic heterocycles. The maximum absolute atomic E-state index is 12.0. The molecule has 0 amide bonds. The van der Waals surface area contributed by atoms with Gasteiger partial charge >= 0.3 is 0 Å². The summed E-state index contributed by atoms with van der Waals surface area (Å²) >= 11 is 1.73. The maximum Gasteiger partial charge on any atom is 0.163 e. The number of hydrogen-bond acceptors (Lipinski definition) is 2. The Labute approximate surface area is 102 Å². The molecule has 2 heteroatoms. The van der Waals surface area contributed by atoms with E-state index in [0.717, 1.165) is 24.3 Å². The van der Waals surface area contributed by atoms with E-state index >= 15 is 0 Å². The van der Waals surface area contributed by atoms with Gasteiger partial charge in [0.25, 0.3) is 0 Å². The third-order valence-corrected chi connectivity index (χ3v) is 4.56. The molecule has 1 aliphatic carbocycles. The molecule has 1 aromatic heterocycles. The predicted octanol–water partition coefficient (Wildman–Crippen LogP) is 4.52. The van der Waals surface area contributed by atoms with Crippen molar-refractivity contribution >= 4 is 17.1 Å². The summed E-state index contributed by atoms with van der Waals surface area (Å²) in [6.45, 7) is 4.13. The molecule has 0 aromatic carbocycles. The zero-order valence-electron chi connectivity index (χ0n) is 10.2. The fourth-order valence-electron chi connectivity index (χ4n) is 2.68. The van der Waals surface area contributed by atoms with Crippen molar-refractivity contribution in [3.8, 4) is 0 Å². The highest BCUT2D eigenvalue weighted by atomic mass is 32.1. The molecule has 0 saturated heterocycles. The second-order valence-electron chi connectivity index (χ2n) is 4.94. The van der Waals surface area contributed by atoms with Crippen LogP contribution in [0.1, 0.15) is 58.6 Å². The lowest BCUT2D eigenvalue weighted by molar-refractivity contribution is 0.0974. The van der Waals surface area contributed by atoms with Gasteiger partial charge in [0.1, 0.15) is 0 Å². The molecule has 1 aliphatic rings. The normalized spacial score (nSPS) is 16.9. The number of thiophene rings is 1. The van der Waals surface area contributed by atoms with Crippen LogP contribution in [0.4, 0.5) is 0 Å². The summed E-state index contributed by atoms with van der Waals surface area (Å²) in [7, 11) is 0. The Balaban J connectivity index is 1.90. The molecular formula is C14H20OS. The van der Waals surface area contributed by atoms with Crippen LogP contribution in [0.3, 0.4) is 0 Å². The second-order valence-corrected chi connectivity index (χ2v) is 6.40. The molecule has 0 bridgehead atoms. The molecule has 0 atom stereocenters. The molecule has 1 nitrogen and oxygen atoms in total. The molecule has 0 radical (unpaired) electrons. The Hall–Kier alpha value is -0.630. The van der Waals surface area contributed by atoms with Gasteiger partial charge in [0.05, 0.1) is 0 Å². The Morgan fingerprint density at radius 3 is 2.62 bits per heavy atom. The van der Waals surface area contributed by atoms with Gasteiger partial charge in [0.2, 0.25) is 0 Å². The topological polar surface area (TPSA) is 17.1 Å². The van der Waals surface area contributed by atoms with Crippen LogP contribution < -0.4 is 0 Å². The van der Waals surface area contributed by atoms with Crippen LogP contribution in [-0.4, -0.2) is 5.78 Å². The van der Waals surface area contributed by atoms with Crippen molar-refractivity contribution < 1.29 is 4.79 Å². The number of carbonyl (C=O) groups excluding carboxylic acids is 1. The average Bonchev–Trinajstić information content (AvgIpc) is 2.84. The number of Topliss-reactive ketones (excluding diaryl/α,β-unsaturated/α-hetero) is 1. The highest BCUT2D eigenvalue weighted by molar-refractivity contribution is 7.12. The third kappa shape index (κ3) is 2.73. The molecule has 1 heterocycles. The van der Waals surface area contributed by atoms with E-state index in [1.165, 1.54) is 35.4 Å². The average molecular weight is 236 g/mol. The van der Waals surface area contributed by atoms with E-state index in [0.29, 0.717) is 5.78 Å². The second kappa shape index (κ2) is 5.13. The van der Waals surface area contributed by atoms with E-state index in [4.69, 9.17) is 0 Å². The van der Waals surface area contributed by atoms with Crippen molar-refractivity contribution in [3.05, 3.63) is 21.4 Å². The first-order valence-corrected chi connectivity index (χ1v) is 7.08. The van der Waals surface area contributed by atoms with Gasteiger partial charge in [-0.05, 0) is 32.3 Å². The Kier molecular flexibility index (Phi) is 3.80. The summed E-state index contributed by atoms with van der Waals surface area (Å²) in [5.41, 5.74) is 0.973. The van der Waals surface area contributed by atoms with Crippen LogP contribution in [0.15, 0.2) is 6.07 Å². The predicted molar refractivity (Wildman–Crippen MR) is 69.3 cm³/mol. The van der Waals surface area contributed by atoms with Crippen LogP contribution in [0.25, 0.3) is 0 Å². The van der Waals surface area contributed by atoms with Crippen molar-refractivity contribution in [2.24, 2.45) is 5.92 Å².